The van der Waals surface area contributed by atoms with Crippen molar-refractivity contribution >= 4 is 23.0 Å². The van der Waals surface area contributed by atoms with Crippen molar-refractivity contribution in [1.82, 2.24) is 24.8 Å². The molecule has 1 unspecified atom stereocenters. The zero-order valence-electron chi connectivity index (χ0n) is 19.7. The van der Waals surface area contributed by atoms with Gasteiger partial charge in [0.15, 0.2) is 17.3 Å². The van der Waals surface area contributed by atoms with Crippen molar-refractivity contribution in [3.8, 4) is 22.8 Å². The number of piperazine rings is 1. The summed E-state index contributed by atoms with van der Waals surface area (Å²) in [7, 11) is 0. The van der Waals surface area contributed by atoms with Crippen molar-refractivity contribution in [2.24, 2.45) is 0 Å². The Morgan fingerprint density at radius 2 is 1.89 bits per heavy atom. The standard InChI is InChI=1S/C26H26N6O4/c27-26-20-3-1-17(9-21(20)29-16-30-26)12-32-6-5-31(13-19(32)15-33)14-25-28-11-24(36-25)18-2-4-22-23(10-18)35-8-7-34-22/h1-4,9-11,15-16,19H,5-8,12-14H2,(H2,27,29,30). The normalized spacial score (nSPS) is 18.4. The number of rotatable bonds is 6. The summed E-state index contributed by atoms with van der Waals surface area (Å²) in [6.07, 6.45) is 4.21. The summed E-state index contributed by atoms with van der Waals surface area (Å²) >= 11 is 0. The van der Waals surface area contributed by atoms with E-state index in [-0.39, 0.29) is 6.04 Å². The van der Waals surface area contributed by atoms with Gasteiger partial charge in [0.05, 0.1) is 24.3 Å². The molecule has 4 aromatic rings. The molecule has 2 aromatic carbocycles. The highest BCUT2D eigenvalue weighted by atomic mass is 16.6. The maximum atomic E-state index is 12.0. The third-order valence-electron chi connectivity index (χ3n) is 6.63. The fourth-order valence-electron chi connectivity index (χ4n) is 4.74. The number of fused-ring (bicyclic) bond motifs is 2. The number of aromatic nitrogens is 3. The molecule has 10 heteroatoms. The lowest BCUT2D eigenvalue weighted by molar-refractivity contribution is -0.115. The van der Waals surface area contributed by atoms with E-state index in [1.54, 1.807) is 6.20 Å². The van der Waals surface area contributed by atoms with Crippen LogP contribution in [-0.2, 0) is 17.9 Å². The van der Waals surface area contributed by atoms with E-state index in [0.717, 1.165) is 47.2 Å². The molecule has 1 atom stereocenters. The van der Waals surface area contributed by atoms with E-state index in [1.807, 2.05) is 36.4 Å². The van der Waals surface area contributed by atoms with E-state index in [9.17, 15) is 4.79 Å². The van der Waals surface area contributed by atoms with Gasteiger partial charge in [-0.2, -0.15) is 0 Å². The molecule has 6 rings (SSSR count). The molecule has 1 fully saturated rings. The molecule has 2 aromatic heterocycles. The number of hydrogen-bond donors (Lipinski definition) is 1. The van der Waals surface area contributed by atoms with Crippen LogP contribution < -0.4 is 15.2 Å². The molecule has 0 radical (unpaired) electrons. The van der Waals surface area contributed by atoms with E-state index >= 15 is 0 Å². The van der Waals surface area contributed by atoms with E-state index < -0.39 is 0 Å². The number of oxazole rings is 1. The van der Waals surface area contributed by atoms with Gasteiger partial charge in [-0.15, -0.1) is 0 Å². The summed E-state index contributed by atoms with van der Waals surface area (Å²) in [5.74, 6) is 3.21. The van der Waals surface area contributed by atoms with Crippen molar-refractivity contribution in [2.75, 3.05) is 38.6 Å². The first-order chi connectivity index (χ1) is 17.7. The van der Waals surface area contributed by atoms with Crippen LogP contribution in [0.4, 0.5) is 5.82 Å². The third-order valence-corrected chi connectivity index (χ3v) is 6.63. The maximum Gasteiger partial charge on any atom is 0.209 e. The number of nitrogens with two attached hydrogens (primary N) is 1. The van der Waals surface area contributed by atoms with Crippen molar-refractivity contribution in [1.29, 1.82) is 0 Å². The summed E-state index contributed by atoms with van der Waals surface area (Å²) in [6, 6.07) is 11.5. The Kier molecular flexibility index (Phi) is 5.96. The second-order valence-electron chi connectivity index (χ2n) is 9.00. The average Bonchev–Trinajstić information content (AvgIpc) is 3.38. The Hall–Kier alpha value is -4.02. The molecule has 0 aliphatic carbocycles. The topological polar surface area (TPSA) is 120 Å². The van der Waals surface area contributed by atoms with Crippen LogP contribution in [0.1, 0.15) is 11.5 Å². The van der Waals surface area contributed by atoms with Crippen LogP contribution in [0, 0.1) is 0 Å². The molecule has 1 saturated heterocycles. The molecule has 4 heterocycles. The molecule has 0 spiro atoms. The number of carbonyl (C=O) groups excluding carboxylic acids is 1. The van der Waals surface area contributed by atoms with Crippen LogP contribution in [-0.4, -0.2) is 69.9 Å². The molecule has 0 amide bonds. The quantitative estimate of drug-likeness (QED) is 0.407. The molecular weight excluding hydrogens is 460 g/mol. The fourth-order valence-corrected chi connectivity index (χ4v) is 4.74. The molecule has 10 nitrogen and oxygen atoms in total. The predicted octanol–water partition coefficient (Wildman–Crippen LogP) is 2.52. The smallest absolute Gasteiger partial charge is 0.209 e. The molecule has 2 aliphatic rings. The number of nitrogen functional groups attached to an aromatic ring is 1. The monoisotopic (exact) mass is 486 g/mol. The Balaban J connectivity index is 1.10. The van der Waals surface area contributed by atoms with Crippen molar-refractivity contribution in [3.63, 3.8) is 0 Å². The Morgan fingerprint density at radius 1 is 1.00 bits per heavy atom. The van der Waals surface area contributed by atoms with Crippen molar-refractivity contribution in [3.05, 3.63) is 60.4 Å². The van der Waals surface area contributed by atoms with Gasteiger partial charge < -0.3 is 24.4 Å². The van der Waals surface area contributed by atoms with Gasteiger partial charge in [-0.05, 0) is 35.9 Å². The van der Waals surface area contributed by atoms with Crippen LogP contribution in [0.25, 0.3) is 22.2 Å². The number of anilines is 1. The van der Waals surface area contributed by atoms with Gasteiger partial charge in [-0.25, -0.2) is 15.0 Å². The Bertz CT molecular complexity index is 1410. The van der Waals surface area contributed by atoms with Crippen LogP contribution in [0.2, 0.25) is 0 Å². The highest BCUT2D eigenvalue weighted by Gasteiger charge is 2.28. The number of ether oxygens (including phenoxy) is 2. The summed E-state index contributed by atoms with van der Waals surface area (Å²) in [5.41, 5.74) is 8.71. The highest BCUT2D eigenvalue weighted by molar-refractivity contribution is 5.88. The van der Waals surface area contributed by atoms with E-state index in [2.05, 4.69) is 24.8 Å². The van der Waals surface area contributed by atoms with E-state index in [0.29, 0.717) is 56.1 Å². The lowest BCUT2D eigenvalue weighted by Crippen LogP contribution is -2.53. The van der Waals surface area contributed by atoms with Gasteiger partial charge in [-0.1, -0.05) is 6.07 Å². The summed E-state index contributed by atoms with van der Waals surface area (Å²) in [6.45, 7) is 4.44. The minimum atomic E-state index is -0.225. The molecule has 2 aliphatic heterocycles. The number of hydrogen-bond acceptors (Lipinski definition) is 10. The highest BCUT2D eigenvalue weighted by Crippen LogP contribution is 2.34. The molecule has 36 heavy (non-hydrogen) atoms. The molecular formula is C26H26N6O4. The zero-order chi connectivity index (χ0) is 24.5. The van der Waals surface area contributed by atoms with Gasteiger partial charge in [0.1, 0.15) is 31.6 Å². The average molecular weight is 487 g/mol. The molecule has 2 N–H and O–H groups in total. The Labute approximate surface area is 207 Å². The van der Waals surface area contributed by atoms with Gasteiger partial charge in [0, 0.05) is 37.1 Å². The zero-order valence-corrected chi connectivity index (χ0v) is 19.7. The first-order valence-corrected chi connectivity index (χ1v) is 11.9. The van der Waals surface area contributed by atoms with E-state index in [1.165, 1.54) is 6.33 Å². The molecule has 0 saturated carbocycles. The van der Waals surface area contributed by atoms with Crippen LogP contribution in [0.15, 0.2) is 53.3 Å². The van der Waals surface area contributed by atoms with Gasteiger partial charge in [0.25, 0.3) is 0 Å². The van der Waals surface area contributed by atoms with Crippen molar-refractivity contribution in [2.45, 2.75) is 19.1 Å². The largest absolute Gasteiger partial charge is 0.486 e. The van der Waals surface area contributed by atoms with Gasteiger partial charge in [0.2, 0.25) is 5.89 Å². The summed E-state index contributed by atoms with van der Waals surface area (Å²) in [5, 5.41) is 0.833. The number of nitrogens with zero attached hydrogens (tertiary/aromatic N) is 5. The van der Waals surface area contributed by atoms with Crippen LogP contribution >= 0.6 is 0 Å². The first-order valence-electron chi connectivity index (χ1n) is 11.9. The minimum Gasteiger partial charge on any atom is -0.486 e. The third kappa shape index (κ3) is 4.48. The number of carbonyl (C=O) groups is 1. The molecule has 184 valence electrons. The lowest BCUT2D eigenvalue weighted by Gasteiger charge is -2.38. The lowest BCUT2D eigenvalue weighted by atomic mass is 10.1. The summed E-state index contributed by atoms with van der Waals surface area (Å²) in [4.78, 5) is 29.2. The number of benzene rings is 2. The number of aldehydes is 1. The molecule has 0 bridgehead atoms. The Morgan fingerprint density at radius 3 is 2.78 bits per heavy atom. The fraction of sp³-hybridized carbons (Fsp3) is 0.308. The maximum absolute atomic E-state index is 12.0. The SMILES string of the molecule is Nc1ncnc2cc(CN3CCN(Cc4ncc(-c5ccc6c(c5)OCCO6)o4)CC3C=O)ccc12. The van der Waals surface area contributed by atoms with Crippen LogP contribution in [0.5, 0.6) is 11.5 Å². The second-order valence-corrected chi connectivity index (χ2v) is 9.00. The van der Waals surface area contributed by atoms with E-state index in [4.69, 9.17) is 19.6 Å². The van der Waals surface area contributed by atoms with Gasteiger partial charge >= 0.3 is 0 Å². The predicted molar refractivity (Wildman–Crippen MR) is 132 cm³/mol. The minimum absolute atomic E-state index is 0.225. The van der Waals surface area contributed by atoms with Crippen LogP contribution in [0.3, 0.4) is 0 Å². The second kappa shape index (κ2) is 9.56. The van der Waals surface area contributed by atoms with Gasteiger partial charge in [-0.3, -0.25) is 9.80 Å². The summed E-state index contributed by atoms with van der Waals surface area (Å²) < 4.78 is 17.3. The van der Waals surface area contributed by atoms with Crippen molar-refractivity contribution < 1.29 is 18.7 Å². The first kappa shape index (κ1) is 22.4.